The maximum atomic E-state index is 12.5. The normalized spacial score (nSPS) is 33.4. The molecule has 0 aromatic carbocycles. The van der Waals surface area contributed by atoms with Crippen molar-refractivity contribution in [3.63, 3.8) is 0 Å². The molecule has 1 N–H and O–H groups in total. The van der Waals surface area contributed by atoms with Crippen LogP contribution in [-0.4, -0.2) is 50.2 Å². The highest BCUT2D eigenvalue weighted by molar-refractivity contribution is 5.82. The number of amides is 1. The lowest BCUT2D eigenvalue weighted by atomic mass is 9.92. The van der Waals surface area contributed by atoms with Crippen LogP contribution in [0.1, 0.15) is 32.6 Å². The molecule has 104 valence electrons. The van der Waals surface area contributed by atoms with Crippen molar-refractivity contribution in [1.82, 2.24) is 10.2 Å². The average molecular weight is 254 g/mol. The Labute approximate surface area is 110 Å². The topological polar surface area (TPSA) is 41.6 Å². The van der Waals surface area contributed by atoms with Crippen LogP contribution in [0.25, 0.3) is 0 Å². The Morgan fingerprint density at radius 3 is 3.00 bits per heavy atom. The van der Waals surface area contributed by atoms with Crippen molar-refractivity contribution in [3.8, 4) is 0 Å². The molecule has 2 fully saturated rings. The zero-order valence-electron chi connectivity index (χ0n) is 11.7. The number of carbonyl (C=O) groups is 1. The number of ether oxygens (including phenoxy) is 1. The molecule has 2 aliphatic rings. The number of hydrogen-bond acceptors (Lipinski definition) is 3. The van der Waals surface area contributed by atoms with Gasteiger partial charge in [0.15, 0.2) is 0 Å². The van der Waals surface area contributed by atoms with E-state index in [-0.39, 0.29) is 6.04 Å². The second-order valence-electron chi connectivity index (χ2n) is 5.88. The van der Waals surface area contributed by atoms with Crippen LogP contribution < -0.4 is 5.32 Å². The SMILES string of the molecule is COCC1CCCN(C(=O)C2CC(C)CCN2)C1. The standard InChI is InChI=1S/C14H26N2O2/c1-11-5-6-15-13(8-11)14(17)16-7-3-4-12(9-16)10-18-2/h11-13,15H,3-10H2,1-2H3. The molecule has 2 aliphatic heterocycles. The maximum absolute atomic E-state index is 12.5. The summed E-state index contributed by atoms with van der Waals surface area (Å²) in [5.41, 5.74) is 0. The number of hydrogen-bond donors (Lipinski definition) is 1. The fourth-order valence-electron chi connectivity index (χ4n) is 3.15. The summed E-state index contributed by atoms with van der Waals surface area (Å²) >= 11 is 0. The van der Waals surface area contributed by atoms with Crippen molar-refractivity contribution in [1.29, 1.82) is 0 Å². The van der Waals surface area contributed by atoms with Crippen LogP contribution in [0.3, 0.4) is 0 Å². The van der Waals surface area contributed by atoms with E-state index in [0.717, 1.165) is 39.1 Å². The van der Waals surface area contributed by atoms with E-state index in [2.05, 4.69) is 12.2 Å². The Bertz CT molecular complexity index is 281. The molecule has 0 aromatic rings. The molecule has 2 heterocycles. The molecule has 1 amide bonds. The molecule has 0 spiro atoms. The molecule has 0 radical (unpaired) electrons. The minimum absolute atomic E-state index is 0.0510. The van der Waals surface area contributed by atoms with Crippen molar-refractivity contribution in [3.05, 3.63) is 0 Å². The smallest absolute Gasteiger partial charge is 0.239 e. The number of nitrogens with one attached hydrogen (secondary N) is 1. The molecule has 2 saturated heterocycles. The van der Waals surface area contributed by atoms with Gasteiger partial charge in [-0.2, -0.15) is 0 Å². The van der Waals surface area contributed by atoms with E-state index in [1.807, 2.05) is 4.90 Å². The predicted octanol–water partition coefficient (Wildman–Crippen LogP) is 1.26. The maximum Gasteiger partial charge on any atom is 0.239 e. The van der Waals surface area contributed by atoms with Gasteiger partial charge in [0.2, 0.25) is 5.91 Å². The number of methoxy groups -OCH3 is 1. The summed E-state index contributed by atoms with van der Waals surface area (Å²) < 4.78 is 5.22. The number of nitrogens with zero attached hydrogens (tertiary/aromatic N) is 1. The molecule has 18 heavy (non-hydrogen) atoms. The van der Waals surface area contributed by atoms with Gasteiger partial charge in [0.25, 0.3) is 0 Å². The predicted molar refractivity (Wildman–Crippen MR) is 71.4 cm³/mol. The first-order valence-corrected chi connectivity index (χ1v) is 7.21. The Hall–Kier alpha value is -0.610. The Morgan fingerprint density at radius 2 is 2.28 bits per heavy atom. The molecule has 3 atom stereocenters. The third-order valence-electron chi connectivity index (χ3n) is 4.20. The van der Waals surface area contributed by atoms with Crippen LogP contribution in [0, 0.1) is 11.8 Å². The van der Waals surface area contributed by atoms with Gasteiger partial charge in [-0.25, -0.2) is 0 Å². The highest BCUT2D eigenvalue weighted by Crippen LogP contribution is 2.21. The van der Waals surface area contributed by atoms with E-state index in [1.165, 1.54) is 12.8 Å². The third kappa shape index (κ3) is 3.45. The molecular weight excluding hydrogens is 228 g/mol. The van der Waals surface area contributed by atoms with Crippen LogP contribution in [0.2, 0.25) is 0 Å². The Kier molecular flexibility index (Phi) is 5.01. The number of carbonyl (C=O) groups excluding carboxylic acids is 1. The van der Waals surface area contributed by atoms with E-state index < -0.39 is 0 Å². The van der Waals surface area contributed by atoms with Gasteiger partial charge in [-0.3, -0.25) is 4.79 Å². The minimum Gasteiger partial charge on any atom is -0.384 e. The largest absolute Gasteiger partial charge is 0.384 e. The monoisotopic (exact) mass is 254 g/mol. The van der Waals surface area contributed by atoms with Crippen LogP contribution in [-0.2, 0) is 9.53 Å². The first-order valence-electron chi connectivity index (χ1n) is 7.21. The van der Waals surface area contributed by atoms with Crippen LogP contribution in [0.5, 0.6) is 0 Å². The highest BCUT2D eigenvalue weighted by Gasteiger charge is 2.31. The van der Waals surface area contributed by atoms with Crippen molar-refractivity contribution >= 4 is 5.91 Å². The van der Waals surface area contributed by atoms with Crippen molar-refractivity contribution in [2.45, 2.75) is 38.6 Å². The molecule has 0 saturated carbocycles. The summed E-state index contributed by atoms with van der Waals surface area (Å²) in [6.07, 6.45) is 4.48. The van der Waals surface area contributed by atoms with Gasteiger partial charge in [-0.05, 0) is 44.1 Å². The number of likely N-dealkylation sites (tertiary alicyclic amines) is 1. The van der Waals surface area contributed by atoms with Crippen molar-refractivity contribution in [2.75, 3.05) is 33.4 Å². The molecule has 0 bridgehead atoms. The van der Waals surface area contributed by atoms with Gasteiger partial charge in [0, 0.05) is 20.2 Å². The number of piperidine rings is 2. The summed E-state index contributed by atoms with van der Waals surface area (Å²) in [4.78, 5) is 14.5. The summed E-state index contributed by atoms with van der Waals surface area (Å²) in [5, 5.41) is 3.37. The van der Waals surface area contributed by atoms with Gasteiger partial charge in [0.05, 0.1) is 12.6 Å². The summed E-state index contributed by atoms with van der Waals surface area (Å²) in [7, 11) is 1.74. The molecule has 0 aromatic heterocycles. The number of rotatable bonds is 3. The van der Waals surface area contributed by atoms with Crippen molar-refractivity contribution in [2.24, 2.45) is 11.8 Å². The summed E-state index contributed by atoms with van der Waals surface area (Å²) in [5.74, 6) is 1.50. The molecule has 0 aliphatic carbocycles. The van der Waals surface area contributed by atoms with Gasteiger partial charge in [0.1, 0.15) is 0 Å². The second-order valence-corrected chi connectivity index (χ2v) is 5.88. The first kappa shape index (κ1) is 13.8. The average Bonchev–Trinajstić information content (AvgIpc) is 2.39. The molecule has 4 nitrogen and oxygen atoms in total. The molecule has 3 unspecified atom stereocenters. The Balaban J connectivity index is 1.87. The van der Waals surface area contributed by atoms with E-state index in [1.54, 1.807) is 7.11 Å². The molecule has 2 rings (SSSR count). The Morgan fingerprint density at radius 1 is 1.44 bits per heavy atom. The second kappa shape index (κ2) is 6.53. The van der Waals surface area contributed by atoms with Crippen molar-refractivity contribution < 1.29 is 9.53 Å². The summed E-state index contributed by atoms with van der Waals surface area (Å²) in [6.45, 7) is 5.79. The molecular formula is C14H26N2O2. The van der Waals surface area contributed by atoms with E-state index in [4.69, 9.17) is 4.74 Å². The first-order chi connectivity index (χ1) is 8.70. The lowest BCUT2D eigenvalue weighted by molar-refractivity contribution is -0.136. The van der Waals surface area contributed by atoms with E-state index in [0.29, 0.717) is 17.7 Å². The summed E-state index contributed by atoms with van der Waals surface area (Å²) in [6, 6.07) is 0.0510. The zero-order chi connectivity index (χ0) is 13.0. The van der Waals surface area contributed by atoms with E-state index >= 15 is 0 Å². The van der Waals surface area contributed by atoms with Crippen LogP contribution >= 0.6 is 0 Å². The van der Waals surface area contributed by atoms with Crippen LogP contribution in [0.15, 0.2) is 0 Å². The van der Waals surface area contributed by atoms with Crippen LogP contribution in [0.4, 0.5) is 0 Å². The fourth-order valence-corrected chi connectivity index (χ4v) is 3.15. The zero-order valence-corrected chi connectivity index (χ0v) is 11.7. The quantitative estimate of drug-likeness (QED) is 0.824. The lowest BCUT2D eigenvalue weighted by Gasteiger charge is -2.37. The molecule has 4 heteroatoms. The minimum atomic E-state index is 0.0510. The van der Waals surface area contributed by atoms with Gasteiger partial charge < -0.3 is 15.0 Å². The van der Waals surface area contributed by atoms with Gasteiger partial charge >= 0.3 is 0 Å². The fraction of sp³-hybridized carbons (Fsp3) is 0.929. The lowest BCUT2D eigenvalue weighted by Crippen LogP contribution is -2.52. The van der Waals surface area contributed by atoms with E-state index in [9.17, 15) is 4.79 Å². The van der Waals surface area contributed by atoms with Gasteiger partial charge in [-0.15, -0.1) is 0 Å². The van der Waals surface area contributed by atoms with Gasteiger partial charge in [-0.1, -0.05) is 6.92 Å². The third-order valence-corrected chi connectivity index (χ3v) is 4.20. The highest BCUT2D eigenvalue weighted by atomic mass is 16.5.